The maximum Gasteiger partial charge on any atom is 0.133 e. The third kappa shape index (κ3) is 5.73. The Kier molecular flexibility index (Phi) is 6.85. The summed E-state index contributed by atoms with van der Waals surface area (Å²) in [6.07, 6.45) is 1.71. The maximum absolute atomic E-state index is 5.95. The lowest BCUT2D eigenvalue weighted by molar-refractivity contribution is 0.724. The standard InChI is InChI=1S/C12H19ClN2S/c1-10(2)9-16-7-6-14-8-11-4-3-5-15-12(11)13/h3-5,10,14H,6-9H2,1-2H3. The molecule has 1 aromatic heterocycles. The number of hydrogen-bond acceptors (Lipinski definition) is 3. The molecule has 0 atom stereocenters. The van der Waals surface area contributed by atoms with Gasteiger partial charge in [-0.3, -0.25) is 0 Å². The molecular formula is C12H19ClN2S. The molecule has 0 fully saturated rings. The Morgan fingerprint density at radius 3 is 3.00 bits per heavy atom. The third-order valence-electron chi connectivity index (χ3n) is 2.03. The molecule has 0 spiro atoms. The molecule has 0 aliphatic carbocycles. The van der Waals surface area contributed by atoms with Gasteiger partial charge in [0, 0.05) is 30.6 Å². The predicted molar refractivity (Wildman–Crippen MR) is 73.1 cm³/mol. The van der Waals surface area contributed by atoms with Gasteiger partial charge in [-0.25, -0.2) is 4.98 Å². The van der Waals surface area contributed by atoms with Crippen molar-refractivity contribution in [3.8, 4) is 0 Å². The van der Waals surface area contributed by atoms with Crippen molar-refractivity contribution in [2.75, 3.05) is 18.1 Å². The van der Waals surface area contributed by atoms with Crippen molar-refractivity contribution < 1.29 is 0 Å². The summed E-state index contributed by atoms with van der Waals surface area (Å²) in [6.45, 7) is 6.31. The number of thioether (sulfide) groups is 1. The summed E-state index contributed by atoms with van der Waals surface area (Å²) in [6, 6.07) is 3.92. The van der Waals surface area contributed by atoms with Gasteiger partial charge in [0.05, 0.1) is 0 Å². The molecule has 1 heterocycles. The second-order valence-electron chi connectivity index (χ2n) is 4.10. The summed E-state index contributed by atoms with van der Waals surface area (Å²) in [5, 5.41) is 3.97. The molecule has 0 aromatic carbocycles. The van der Waals surface area contributed by atoms with E-state index in [0.29, 0.717) is 5.15 Å². The van der Waals surface area contributed by atoms with Crippen molar-refractivity contribution in [1.29, 1.82) is 0 Å². The van der Waals surface area contributed by atoms with Gasteiger partial charge in [0.25, 0.3) is 0 Å². The average molecular weight is 259 g/mol. The van der Waals surface area contributed by atoms with E-state index in [9.17, 15) is 0 Å². The fourth-order valence-electron chi connectivity index (χ4n) is 1.24. The van der Waals surface area contributed by atoms with E-state index < -0.39 is 0 Å². The molecular weight excluding hydrogens is 240 g/mol. The fraction of sp³-hybridized carbons (Fsp3) is 0.583. The van der Waals surface area contributed by atoms with Crippen LogP contribution in [-0.4, -0.2) is 23.0 Å². The Bertz CT molecular complexity index is 305. The van der Waals surface area contributed by atoms with Gasteiger partial charge in [-0.15, -0.1) is 0 Å². The highest BCUT2D eigenvalue weighted by Crippen LogP contribution is 2.11. The van der Waals surface area contributed by atoms with Crippen LogP contribution in [0, 0.1) is 5.92 Å². The molecule has 1 rings (SSSR count). The first-order chi connectivity index (χ1) is 7.70. The second kappa shape index (κ2) is 7.93. The molecule has 0 radical (unpaired) electrons. The zero-order valence-electron chi connectivity index (χ0n) is 9.87. The number of pyridine rings is 1. The Hall–Kier alpha value is -0.250. The molecule has 0 unspecified atom stereocenters. The van der Waals surface area contributed by atoms with Crippen LogP contribution in [0.3, 0.4) is 0 Å². The maximum atomic E-state index is 5.95. The summed E-state index contributed by atoms with van der Waals surface area (Å²) in [7, 11) is 0. The van der Waals surface area contributed by atoms with Gasteiger partial charge in [-0.2, -0.15) is 11.8 Å². The largest absolute Gasteiger partial charge is 0.312 e. The Labute approximate surface area is 107 Å². The minimum Gasteiger partial charge on any atom is -0.312 e. The minimum absolute atomic E-state index is 0.602. The molecule has 1 aromatic rings. The summed E-state index contributed by atoms with van der Waals surface area (Å²) in [5.41, 5.74) is 1.07. The van der Waals surface area contributed by atoms with Crippen LogP contribution in [0.5, 0.6) is 0 Å². The summed E-state index contributed by atoms with van der Waals surface area (Å²) >= 11 is 7.94. The van der Waals surface area contributed by atoms with Crippen LogP contribution < -0.4 is 5.32 Å². The molecule has 16 heavy (non-hydrogen) atoms. The molecule has 0 aliphatic rings. The van der Waals surface area contributed by atoms with Crippen LogP contribution in [-0.2, 0) is 6.54 Å². The topological polar surface area (TPSA) is 24.9 Å². The molecule has 1 N–H and O–H groups in total. The summed E-state index contributed by atoms with van der Waals surface area (Å²) < 4.78 is 0. The van der Waals surface area contributed by atoms with E-state index in [2.05, 4.69) is 24.1 Å². The Balaban J connectivity index is 2.10. The van der Waals surface area contributed by atoms with Crippen LogP contribution in [0.4, 0.5) is 0 Å². The van der Waals surface area contributed by atoms with Crippen molar-refractivity contribution in [2.24, 2.45) is 5.92 Å². The van der Waals surface area contributed by atoms with Gasteiger partial charge in [0.1, 0.15) is 5.15 Å². The number of nitrogens with one attached hydrogen (secondary N) is 1. The van der Waals surface area contributed by atoms with Crippen molar-refractivity contribution in [2.45, 2.75) is 20.4 Å². The SMILES string of the molecule is CC(C)CSCCNCc1cccnc1Cl. The molecule has 0 aliphatic heterocycles. The zero-order chi connectivity index (χ0) is 11.8. The van der Waals surface area contributed by atoms with Crippen LogP contribution in [0.2, 0.25) is 5.15 Å². The van der Waals surface area contributed by atoms with Crippen molar-refractivity contribution in [3.05, 3.63) is 29.0 Å². The minimum atomic E-state index is 0.602. The van der Waals surface area contributed by atoms with Gasteiger partial charge >= 0.3 is 0 Å². The molecule has 90 valence electrons. The van der Waals surface area contributed by atoms with Gasteiger partial charge in [-0.05, 0) is 17.7 Å². The first kappa shape index (κ1) is 13.8. The van der Waals surface area contributed by atoms with E-state index >= 15 is 0 Å². The normalized spacial score (nSPS) is 11.0. The molecule has 2 nitrogen and oxygen atoms in total. The number of rotatable bonds is 7. The van der Waals surface area contributed by atoms with Gasteiger partial charge in [-0.1, -0.05) is 31.5 Å². The number of aromatic nitrogens is 1. The monoisotopic (exact) mass is 258 g/mol. The van der Waals surface area contributed by atoms with E-state index in [4.69, 9.17) is 11.6 Å². The summed E-state index contributed by atoms with van der Waals surface area (Å²) in [5.74, 6) is 3.16. The average Bonchev–Trinajstić information content (AvgIpc) is 2.25. The Morgan fingerprint density at radius 2 is 2.31 bits per heavy atom. The molecule has 0 saturated carbocycles. The van der Waals surface area contributed by atoms with E-state index in [-0.39, 0.29) is 0 Å². The second-order valence-corrected chi connectivity index (χ2v) is 5.61. The first-order valence-electron chi connectivity index (χ1n) is 5.58. The fourth-order valence-corrected chi connectivity index (χ4v) is 2.35. The lowest BCUT2D eigenvalue weighted by Gasteiger charge is -2.07. The summed E-state index contributed by atoms with van der Waals surface area (Å²) in [4.78, 5) is 4.04. The number of halogens is 1. The zero-order valence-corrected chi connectivity index (χ0v) is 11.4. The highest BCUT2D eigenvalue weighted by atomic mass is 35.5. The van der Waals surface area contributed by atoms with Gasteiger partial charge in [0.2, 0.25) is 0 Å². The molecule has 0 bridgehead atoms. The van der Waals surface area contributed by atoms with Gasteiger partial charge < -0.3 is 5.32 Å². The number of nitrogens with zero attached hydrogens (tertiary/aromatic N) is 1. The van der Waals surface area contributed by atoms with Gasteiger partial charge in [0.15, 0.2) is 0 Å². The lowest BCUT2D eigenvalue weighted by atomic mass is 10.3. The predicted octanol–water partition coefficient (Wildman–Crippen LogP) is 3.21. The highest BCUT2D eigenvalue weighted by molar-refractivity contribution is 7.99. The van der Waals surface area contributed by atoms with Crippen molar-refractivity contribution >= 4 is 23.4 Å². The smallest absolute Gasteiger partial charge is 0.133 e. The van der Waals surface area contributed by atoms with E-state index in [1.54, 1.807) is 6.20 Å². The van der Waals surface area contributed by atoms with E-state index in [1.165, 1.54) is 5.75 Å². The van der Waals surface area contributed by atoms with Crippen LogP contribution in [0.25, 0.3) is 0 Å². The first-order valence-corrected chi connectivity index (χ1v) is 7.11. The highest BCUT2D eigenvalue weighted by Gasteiger charge is 1.99. The molecule has 4 heteroatoms. The molecule has 0 amide bonds. The lowest BCUT2D eigenvalue weighted by Crippen LogP contribution is -2.17. The van der Waals surface area contributed by atoms with Crippen molar-refractivity contribution in [3.63, 3.8) is 0 Å². The molecule has 0 saturated heterocycles. The van der Waals surface area contributed by atoms with Crippen LogP contribution in [0.15, 0.2) is 18.3 Å². The van der Waals surface area contributed by atoms with Crippen LogP contribution >= 0.6 is 23.4 Å². The van der Waals surface area contributed by atoms with Crippen molar-refractivity contribution in [1.82, 2.24) is 10.3 Å². The van der Waals surface area contributed by atoms with E-state index in [1.807, 2.05) is 23.9 Å². The Morgan fingerprint density at radius 1 is 1.50 bits per heavy atom. The van der Waals surface area contributed by atoms with E-state index in [0.717, 1.165) is 30.3 Å². The number of hydrogen-bond donors (Lipinski definition) is 1. The quantitative estimate of drug-likeness (QED) is 0.601. The third-order valence-corrected chi connectivity index (χ3v) is 3.76. The van der Waals surface area contributed by atoms with Crippen LogP contribution in [0.1, 0.15) is 19.4 Å².